The van der Waals surface area contributed by atoms with Crippen molar-refractivity contribution in [2.75, 3.05) is 5.75 Å². The van der Waals surface area contributed by atoms with E-state index in [4.69, 9.17) is 0 Å². The van der Waals surface area contributed by atoms with Gasteiger partial charge in [-0.05, 0) is 26.0 Å². The summed E-state index contributed by atoms with van der Waals surface area (Å²) in [4.78, 5) is 49.2. The molecule has 1 aromatic rings. The standard InChI is InChI=1S/C18H20FNO5S2/c1-10(21)27-15(8-14(22)11-5-4-6-12(19)7-11)16(23)20-13(17(24)25)9-26-18(20,2)3/h4-7,13,15H,8-9H2,1-3H3,(H,24,25)/t13-,15?/m0/s1. The average Bonchev–Trinajstić information content (AvgIpc) is 2.88. The van der Waals surface area contributed by atoms with E-state index in [1.54, 1.807) is 13.8 Å². The second kappa shape index (κ2) is 8.43. The number of halogens is 1. The van der Waals surface area contributed by atoms with Crippen molar-refractivity contribution < 1.29 is 28.7 Å². The molecule has 1 saturated heterocycles. The van der Waals surface area contributed by atoms with Gasteiger partial charge in [0.25, 0.3) is 0 Å². The van der Waals surface area contributed by atoms with Gasteiger partial charge >= 0.3 is 5.97 Å². The summed E-state index contributed by atoms with van der Waals surface area (Å²) in [7, 11) is 0. The molecule has 9 heteroatoms. The molecule has 1 fully saturated rings. The van der Waals surface area contributed by atoms with Crippen LogP contribution in [0.4, 0.5) is 4.39 Å². The van der Waals surface area contributed by atoms with Crippen molar-refractivity contribution in [3.8, 4) is 0 Å². The van der Waals surface area contributed by atoms with Crippen molar-refractivity contribution in [1.82, 2.24) is 4.90 Å². The molecule has 0 aromatic heterocycles. The molecule has 1 aromatic carbocycles. The van der Waals surface area contributed by atoms with E-state index in [0.29, 0.717) is 11.8 Å². The van der Waals surface area contributed by atoms with Gasteiger partial charge in [-0.3, -0.25) is 14.4 Å². The van der Waals surface area contributed by atoms with Crippen LogP contribution in [0.1, 0.15) is 37.6 Å². The fourth-order valence-corrected chi connectivity index (χ4v) is 4.95. The second-order valence-corrected chi connectivity index (χ2v) is 9.56. The summed E-state index contributed by atoms with van der Waals surface area (Å²) in [5.41, 5.74) is 0.0989. The molecule has 0 bridgehead atoms. The molecule has 0 aliphatic carbocycles. The predicted octanol–water partition coefficient (Wildman–Crippen LogP) is 2.81. The maximum absolute atomic E-state index is 13.4. The molecule has 6 nitrogen and oxygen atoms in total. The van der Waals surface area contributed by atoms with Crippen LogP contribution in [-0.4, -0.2) is 54.7 Å². The van der Waals surface area contributed by atoms with Gasteiger partial charge in [0.2, 0.25) is 5.91 Å². The second-order valence-electron chi connectivity index (χ2n) is 6.56. The van der Waals surface area contributed by atoms with Crippen LogP contribution < -0.4 is 0 Å². The molecule has 1 heterocycles. The highest BCUT2D eigenvalue weighted by Gasteiger charge is 2.48. The molecule has 2 rings (SSSR count). The Morgan fingerprint density at radius 2 is 2.04 bits per heavy atom. The van der Waals surface area contributed by atoms with Crippen molar-refractivity contribution in [3.63, 3.8) is 0 Å². The third-order valence-corrected chi connectivity index (χ3v) is 6.48. The summed E-state index contributed by atoms with van der Waals surface area (Å²) in [6, 6.07) is 4.06. The topological polar surface area (TPSA) is 91.8 Å². The third kappa shape index (κ3) is 5.10. The number of carbonyl (C=O) groups is 4. The number of rotatable bonds is 6. The maximum Gasteiger partial charge on any atom is 0.327 e. The average molecular weight is 413 g/mol. The third-order valence-electron chi connectivity index (χ3n) is 4.11. The van der Waals surface area contributed by atoms with E-state index in [0.717, 1.165) is 6.07 Å². The molecule has 1 unspecified atom stereocenters. The smallest absolute Gasteiger partial charge is 0.327 e. The zero-order chi connectivity index (χ0) is 20.4. The first kappa shape index (κ1) is 21.4. The fourth-order valence-electron chi connectivity index (χ4n) is 2.89. The zero-order valence-corrected chi connectivity index (χ0v) is 16.7. The van der Waals surface area contributed by atoms with Crippen molar-refractivity contribution in [2.24, 2.45) is 0 Å². The van der Waals surface area contributed by atoms with Gasteiger partial charge in [-0.25, -0.2) is 9.18 Å². The van der Waals surface area contributed by atoms with E-state index in [-0.39, 0.29) is 22.9 Å². The molecule has 27 heavy (non-hydrogen) atoms. The summed E-state index contributed by atoms with van der Waals surface area (Å²) in [6.45, 7) is 4.72. The zero-order valence-electron chi connectivity index (χ0n) is 15.1. The van der Waals surface area contributed by atoms with E-state index < -0.39 is 39.6 Å². The predicted molar refractivity (Wildman–Crippen MR) is 102 cm³/mol. The Morgan fingerprint density at radius 3 is 2.59 bits per heavy atom. The summed E-state index contributed by atoms with van der Waals surface area (Å²) in [6.07, 6.45) is -0.323. The van der Waals surface area contributed by atoms with E-state index in [9.17, 15) is 28.7 Å². The molecule has 1 aliphatic heterocycles. The fraction of sp³-hybridized carbons (Fsp3) is 0.444. The number of aliphatic carboxylic acids is 1. The summed E-state index contributed by atoms with van der Waals surface area (Å²) >= 11 is 2.01. The Hall–Kier alpha value is -1.87. The van der Waals surface area contributed by atoms with Crippen LogP contribution in [0.5, 0.6) is 0 Å². The molecule has 1 N–H and O–H groups in total. The Morgan fingerprint density at radius 1 is 1.37 bits per heavy atom. The lowest BCUT2D eigenvalue weighted by atomic mass is 10.0. The lowest BCUT2D eigenvalue weighted by Gasteiger charge is -2.35. The largest absolute Gasteiger partial charge is 0.480 e. The van der Waals surface area contributed by atoms with Gasteiger partial charge < -0.3 is 10.0 Å². The molecule has 2 atom stereocenters. The van der Waals surface area contributed by atoms with Crippen molar-refractivity contribution in [2.45, 2.75) is 43.4 Å². The number of carboxylic acid groups (broad SMARTS) is 1. The number of nitrogens with zero attached hydrogens (tertiary/aromatic N) is 1. The van der Waals surface area contributed by atoms with E-state index in [1.165, 1.54) is 41.8 Å². The van der Waals surface area contributed by atoms with Crippen molar-refractivity contribution >= 4 is 46.3 Å². The quantitative estimate of drug-likeness (QED) is 0.717. The molecule has 0 radical (unpaired) electrons. The van der Waals surface area contributed by atoms with Crippen molar-refractivity contribution in [3.05, 3.63) is 35.6 Å². The van der Waals surface area contributed by atoms with Crippen LogP contribution in [-0.2, 0) is 14.4 Å². The van der Waals surface area contributed by atoms with Crippen LogP contribution in [0, 0.1) is 5.82 Å². The van der Waals surface area contributed by atoms with Crippen LogP contribution in [0.3, 0.4) is 0 Å². The minimum Gasteiger partial charge on any atom is -0.480 e. The lowest BCUT2D eigenvalue weighted by Crippen LogP contribution is -2.53. The summed E-state index contributed by atoms with van der Waals surface area (Å²) in [5.74, 6) is -2.56. The molecule has 146 valence electrons. The molecule has 0 spiro atoms. The number of benzene rings is 1. The van der Waals surface area contributed by atoms with E-state index in [1.807, 2.05) is 0 Å². The summed E-state index contributed by atoms with van der Waals surface area (Å²) in [5, 5.41) is 7.99. The van der Waals surface area contributed by atoms with Gasteiger partial charge in [0.15, 0.2) is 10.9 Å². The lowest BCUT2D eigenvalue weighted by molar-refractivity contribution is -0.150. The first-order chi connectivity index (χ1) is 12.5. The van der Waals surface area contributed by atoms with Gasteiger partial charge in [0.05, 0.1) is 10.1 Å². The highest BCUT2D eigenvalue weighted by Crippen LogP contribution is 2.40. The Labute approximate surface area is 164 Å². The number of hydrogen-bond acceptors (Lipinski definition) is 6. The van der Waals surface area contributed by atoms with Gasteiger partial charge in [-0.2, -0.15) is 0 Å². The maximum atomic E-state index is 13.4. The molecular weight excluding hydrogens is 393 g/mol. The van der Waals surface area contributed by atoms with Crippen molar-refractivity contribution in [1.29, 1.82) is 0 Å². The first-order valence-corrected chi connectivity index (χ1v) is 10.1. The highest BCUT2D eigenvalue weighted by atomic mass is 32.2. The normalized spacial score (nSPS) is 19.6. The number of thioether (sulfide) groups is 2. The van der Waals surface area contributed by atoms with Gasteiger partial charge in [-0.1, -0.05) is 23.9 Å². The number of amides is 1. The Bertz CT molecular complexity index is 783. The molecular formula is C18H20FNO5S2. The summed E-state index contributed by atoms with van der Waals surface area (Å²) < 4.78 is 13.4. The SMILES string of the molecule is CC(=O)SC(CC(=O)c1cccc(F)c1)C(=O)N1[C@H](C(=O)O)CSC1(C)C. The van der Waals surface area contributed by atoms with E-state index >= 15 is 0 Å². The van der Waals surface area contributed by atoms with Gasteiger partial charge in [-0.15, -0.1) is 11.8 Å². The van der Waals surface area contributed by atoms with E-state index in [2.05, 4.69) is 0 Å². The molecule has 0 saturated carbocycles. The number of carboxylic acids is 1. The van der Waals surface area contributed by atoms with Crippen LogP contribution >= 0.6 is 23.5 Å². The number of Topliss-reactive ketones (excluding diaryl/α,β-unsaturated/α-hetero) is 1. The molecule has 1 amide bonds. The van der Waals surface area contributed by atoms with Gasteiger partial charge in [0.1, 0.15) is 11.9 Å². The Balaban J connectivity index is 2.29. The van der Waals surface area contributed by atoms with Crippen LogP contribution in [0.25, 0.3) is 0 Å². The van der Waals surface area contributed by atoms with Gasteiger partial charge in [0, 0.05) is 24.7 Å². The first-order valence-electron chi connectivity index (χ1n) is 8.19. The highest BCUT2D eigenvalue weighted by molar-refractivity contribution is 8.14. The Kier molecular flexibility index (Phi) is 6.69. The number of carbonyl (C=O) groups excluding carboxylic acids is 3. The number of ketones is 1. The molecule has 1 aliphatic rings. The minimum atomic E-state index is -1.13. The monoisotopic (exact) mass is 413 g/mol. The van der Waals surface area contributed by atoms with Crippen LogP contribution in [0.2, 0.25) is 0 Å². The number of hydrogen-bond donors (Lipinski definition) is 1. The van der Waals surface area contributed by atoms with Crippen LogP contribution in [0.15, 0.2) is 24.3 Å². The minimum absolute atomic E-state index is 0.0989.